The summed E-state index contributed by atoms with van der Waals surface area (Å²) in [5, 5.41) is 13.2. The average Bonchev–Trinajstić information content (AvgIpc) is 3.61. The molecule has 5 rings (SSSR count). The highest BCUT2D eigenvalue weighted by atomic mass is 32.1. The summed E-state index contributed by atoms with van der Waals surface area (Å²) >= 11 is 1.81. The third kappa shape index (κ3) is 12.5. The predicted octanol–water partition coefficient (Wildman–Crippen LogP) is 9.08. The van der Waals surface area contributed by atoms with Gasteiger partial charge in [0, 0.05) is 72.3 Å². The van der Waals surface area contributed by atoms with E-state index in [1.165, 1.54) is 41.5 Å². The zero-order valence-electron chi connectivity index (χ0n) is 29.4. The Morgan fingerprint density at radius 3 is 2.24 bits per heavy atom. The van der Waals surface area contributed by atoms with Crippen LogP contribution in [0.15, 0.2) is 60.0 Å². The molecule has 0 amide bonds. The Morgan fingerprint density at radius 1 is 0.760 bits per heavy atom. The number of carbonyl (C=O) groups excluding carboxylic acids is 1. The Balaban J connectivity index is 0.894. The molecule has 1 aliphatic heterocycles. The van der Waals surface area contributed by atoms with E-state index in [9.17, 15) is 9.59 Å². The molecule has 2 aromatic heterocycles. The average molecular weight is 704 g/mol. The fraction of sp³-hybridized carbons (Fsp3) is 0.525. The number of carbonyl (C=O) groups is 2. The van der Waals surface area contributed by atoms with Crippen molar-refractivity contribution in [3.8, 4) is 11.6 Å². The molecular formula is C40H53N3O6S. The Hall–Kier alpha value is -3.89. The van der Waals surface area contributed by atoms with E-state index in [0.29, 0.717) is 18.9 Å². The van der Waals surface area contributed by atoms with Gasteiger partial charge in [0.1, 0.15) is 5.75 Å². The van der Waals surface area contributed by atoms with Crippen molar-refractivity contribution in [3.05, 3.63) is 60.0 Å². The molecule has 0 radical (unpaired) electrons. The van der Waals surface area contributed by atoms with Gasteiger partial charge in [0.15, 0.2) is 0 Å². The maximum absolute atomic E-state index is 12.1. The van der Waals surface area contributed by atoms with Crippen LogP contribution in [0.3, 0.4) is 0 Å². The number of rotatable bonds is 23. The monoisotopic (exact) mass is 703 g/mol. The largest absolute Gasteiger partial charge is 0.494 e. The Bertz CT molecular complexity index is 1620. The summed E-state index contributed by atoms with van der Waals surface area (Å²) in [6, 6.07) is 18.5. The summed E-state index contributed by atoms with van der Waals surface area (Å²) in [5.41, 5.74) is 2.14. The molecule has 2 aromatic carbocycles. The molecule has 4 aromatic rings. The van der Waals surface area contributed by atoms with Crippen LogP contribution >= 0.6 is 11.3 Å². The van der Waals surface area contributed by atoms with Crippen molar-refractivity contribution in [2.45, 2.75) is 89.9 Å². The summed E-state index contributed by atoms with van der Waals surface area (Å²) in [4.78, 5) is 32.3. The number of benzene rings is 2. The van der Waals surface area contributed by atoms with Crippen LogP contribution in [0.2, 0.25) is 0 Å². The number of aromatic nitrogens is 1. The zero-order chi connectivity index (χ0) is 34.8. The second kappa shape index (κ2) is 20.7. The highest BCUT2D eigenvalue weighted by Gasteiger charge is 2.18. The predicted molar refractivity (Wildman–Crippen MR) is 202 cm³/mol. The number of esters is 1. The highest BCUT2D eigenvalue weighted by Crippen LogP contribution is 2.31. The van der Waals surface area contributed by atoms with E-state index in [2.05, 4.69) is 44.4 Å². The third-order valence-corrected chi connectivity index (χ3v) is 10.3. The van der Waals surface area contributed by atoms with Crippen molar-refractivity contribution in [3.63, 3.8) is 0 Å². The maximum atomic E-state index is 12.1. The third-order valence-electron chi connectivity index (χ3n) is 9.41. The number of hydrogen-bond donors (Lipinski definition) is 1. The van der Waals surface area contributed by atoms with Gasteiger partial charge in [-0.2, -0.15) is 0 Å². The molecule has 0 saturated carbocycles. The quantitative estimate of drug-likeness (QED) is 0.0461. The Labute approximate surface area is 300 Å². The molecule has 0 spiro atoms. The molecule has 1 N–H and O–H groups in total. The van der Waals surface area contributed by atoms with Crippen LogP contribution in [0.1, 0.15) is 89.9 Å². The molecule has 0 bridgehead atoms. The lowest BCUT2D eigenvalue weighted by molar-refractivity contribution is -0.150. The summed E-state index contributed by atoms with van der Waals surface area (Å²) in [6.07, 6.45) is 13.3. The van der Waals surface area contributed by atoms with Crippen LogP contribution < -0.4 is 14.4 Å². The van der Waals surface area contributed by atoms with Gasteiger partial charge in [0.25, 0.3) is 0 Å². The van der Waals surface area contributed by atoms with Gasteiger partial charge in [-0.25, -0.2) is 4.98 Å². The number of nitrogens with zero attached hydrogens (tertiary/aromatic N) is 3. The molecule has 0 aliphatic carbocycles. The van der Waals surface area contributed by atoms with Crippen molar-refractivity contribution in [2.75, 3.05) is 51.0 Å². The number of ether oxygens (including phenoxy) is 3. The first-order valence-corrected chi connectivity index (χ1v) is 19.4. The second-order valence-corrected chi connectivity index (χ2v) is 14.2. The number of carboxylic acids is 1. The highest BCUT2D eigenvalue weighted by molar-refractivity contribution is 7.17. The Kier molecular flexibility index (Phi) is 15.5. The lowest BCUT2D eigenvalue weighted by Crippen LogP contribution is -2.46. The van der Waals surface area contributed by atoms with Gasteiger partial charge in [-0.3, -0.25) is 14.5 Å². The number of carboxylic acid groups (broad SMARTS) is 1. The minimum Gasteiger partial charge on any atom is -0.494 e. The zero-order valence-corrected chi connectivity index (χ0v) is 30.2. The summed E-state index contributed by atoms with van der Waals surface area (Å²) in [7, 11) is 0. The summed E-state index contributed by atoms with van der Waals surface area (Å²) in [6.45, 7) is 5.90. The van der Waals surface area contributed by atoms with E-state index in [1.54, 1.807) is 6.07 Å². The molecule has 0 unspecified atom stereocenters. The molecular weight excluding hydrogens is 651 g/mol. The first-order valence-electron chi connectivity index (χ1n) is 18.5. The number of piperazine rings is 1. The van der Waals surface area contributed by atoms with Crippen molar-refractivity contribution < 1.29 is 28.9 Å². The van der Waals surface area contributed by atoms with E-state index < -0.39 is 5.97 Å². The molecule has 3 heterocycles. The summed E-state index contributed by atoms with van der Waals surface area (Å²) < 4.78 is 18.3. The van der Waals surface area contributed by atoms with E-state index in [0.717, 1.165) is 101 Å². The van der Waals surface area contributed by atoms with Crippen LogP contribution in [0.4, 0.5) is 5.69 Å². The smallest absolute Gasteiger partial charge is 0.308 e. The number of unbranched alkanes of at least 4 members (excludes halogenated alkanes) is 10. The van der Waals surface area contributed by atoms with Crippen LogP contribution in [0.5, 0.6) is 11.6 Å². The molecule has 1 fully saturated rings. The normalized spacial score (nSPS) is 13.6. The standard InChI is InChI=1S/C40H53N3O6S/c44-39(45)16-9-7-5-3-1-2-4-6-8-10-17-40(46)49-31-48-38-21-19-32-18-20-33(30-35(32)41-38)47-28-12-11-23-42-24-26-43(27-25-42)36-14-13-15-37-34(36)22-29-50-37/h13-15,18-22,29-30H,1-12,16-17,23-28,31H2,(H,44,45). The number of thiophene rings is 1. The van der Waals surface area contributed by atoms with E-state index in [1.807, 2.05) is 35.6 Å². The van der Waals surface area contributed by atoms with Crippen LogP contribution in [0, 0.1) is 0 Å². The SMILES string of the molecule is O=C(O)CCCCCCCCCCCCC(=O)OCOc1ccc2ccc(OCCCCN3CCN(c4cccc5sccc45)CC3)cc2n1. The van der Waals surface area contributed by atoms with Crippen molar-refractivity contribution in [1.29, 1.82) is 0 Å². The van der Waals surface area contributed by atoms with Gasteiger partial charge < -0.3 is 24.2 Å². The number of anilines is 1. The van der Waals surface area contributed by atoms with Gasteiger partial charge in [-0.1, -0.05) is 57.4 Å². The lowest BCUT2D eigenvalue weighted by Gasteiger charge is -2.36. The van der Waals surface area contributed by atoms with Crippen molar-refractivity contribution >= 4 is 50.0 Å². The topological polar surface area (TPSA) is 101 Å². The molecule has 50 heavy (non-hydrogen) atoms. The second-order valence-electron chi connectivity index (χ2n) is 13.2. The maximum Gasteiger partial charge on any atom is 0.308 e. The van der Waals surface area contributed by atoms with Crippen molar-refractivity contribution in [2.24, 2.45) is 0 Å². The van der Waals surface area contributed by atoms with Gasteiger partial charge in [-0.05, 0) is 74.0 Å². The van der Waals surface area contributed by atoms with Gasteiger partial charge in [0.2, 0.25) is 12.7 Å². The first kappa shape index (κ1) is 37.4. The number of pyridine rings is 1. The molecule has 0 atom stereocenters. The van der Waals surface area contributed by atoms with Gasteiger partial charge >= 0.3 is 11.9 Å². The molecule has 1 aliphatic rings. The number of fused-ring (bicyclic) bond motifs is 2. The number of aliphatic carboxylic acids is 1. The molecule has 9 nitrogen and oxygen atoms in total. The summed E-state index contributed by atoms with van der Waals surface area (Å²) in [5.74, 6) is 0.246. The molecule has 270 valence electrons. The minimum atomic E-state index is -0.704. The fourth-order valence-corrected chi connectivity index (χ4v) is 7.34. The fourth-order valence-electron chi connectivity index (χ4n) is 6.53. The van der Waals surface area contributed by atoms with E-state index >= 15 is 0 Å². The Morgan fingerprint density at radius 2 is 1.48 bits per heavy atom. The van der Waals surface area contributed by atoms with E-state index in [-0.39, 0.29) is 19.2 Å². The lowest BCUT2D eigenvalue weighted by atomic mass is 10.1. The first-order chi connectivity index (χ1) is 24.5. The van der Waals surface area contributed by atoms with Crippen molar-refractivity contribution in [1.82, 2.24) is 9.88 Å². The number of hydrogen-bond acceptors (Lipinski definition) is 9. The van der Waals surface area contributed by atoms with Crippen LogP contribution in [-0.2, 0) is 14.3 Å². The van der Waals surface area contributed by atoms with E-state index in [4.69, 9.17) is 19.3 Å². The minimum absolute atomic E-state index is 0.153. The van der Waals surface area contributed by atoms with Crippen LogP contribution in [-0.4, -0.2) is 73.1 Å². The van der Waals surface area contributed by atoms with Gasteiger partial charge in [0.05, 0.1) is 12.1 Å². The molecule has 10 heteroatoms. The van der Waals surface area contributed by atoms with Crippen LogP contribution in [0.25, 0.3) is 21.0 Å². The molecule has 1 saturated heterocycles. The van der Waals surface area contributed by atoms with Gasteiger partial charge in [-0.15, -0.1) is 11.3 Å².